The summed E-state index contributed by atoms with van der Waals surface area (Å²) in [5.41, 5.74) is 2.50. The van der Waals surface area contributed by atoms with Crippen LogP contribution in [0.25, 0.3) is 21.5 Å². The lowest BCUT2D eigenvalue weighted by Crippen LogP contribution is -1.99. The summed E-state index contributed by atoms with van der Waals surface area (Å²) in [6.45, 7) is 0. The second kappa shape index (κ2) is 9.74. The molecule has 0 saturated heterocycles. The number of fused-ring (bicyclic) bond motifs is 2. The average Bonchev–Trinajstić information content (AvgIpc) is 2.84. The van der Waals surface area contributed by atoms with E-state index in [0.717, 1.165) is 25.7 Å². The Kier molecular flexibility index (Phi) is 6.20. The number of hydrogen-bond acceptors (Lipinski definition) is 2. The Morgan fingerprint density at radius 2 is 0.906 bits per heavy atom. The van der Waals surface area contributed by atoms with Crippen LogP contribution in [-0.2, 0) is 0 Å². The van der Waals surface area contributed by atoms with Crippen molar-refractivity contribution in [2.24, 2.45) is 10.2 Å². The van der Waals surface area contributed by atoms with Crippen molar-refractivity contribution < 1.29 is 0 Å². The molecule has 0 N–H and O–H groups in total. The number of hydrogen-bond donors (Lipinski definition) is 0. The summed E-state index contributed by atoms with van der Waals surface area (Å²) in [7, 11) is 0. The maximum Gasteiger partial charge on any atom is 0.0998 e. The first kappa shape index (κ1) is 20.4. The van der Waals surface area contributed by atoms with E-state index in [4.69, 9.17) is 10.2 Å². The van der Waals surface area contributed by atoms with Crippen molar-refractivity contribution in [2.45, 2.75) is 37.8 Å². The fraction of sp³-hybridized carbons (Fsp3) is 0.200. The zero-order valence-corrected chi connectivity index (χ0v) is 18.3. The molecular formula is C30H28N2. The molecular weight excluding hydrogens is 388 g/mol. The summed E-state index contributed by atoms with van der Waals surface area (Å²) < 4.78 is 0. The van der Waals surface area contributed by atoms with Crippen LogP contribution in [0.1, 0.15) is 48.9 Å². The summed E-state index contributed by atoms with van der Waals surface area (Å²) in [4.78, 5) is 0. The molecule has 0 aliphatic carbocycles. The van der Waals surface area contributed by atoms with Crippen LogP contribution in [0.5, 0.6) is 0 Å². The van der Waals surface area contributed by atoms with Gasteiger partial charge in [-0.05, 0) is 58.4 Å². The van der Waals surface area contributed by atoms with Crippen LogP contribution < -0.4 is 0 Å². The molecule has 0 radical (unpaired) electrons. The van der Waals surface area contributed by atoms with Gasteiger partial charge in [-0.25, -0.2) is 0 Å². The van der Waals surface area contributed by atoms with E-state index in [2.05, 4.69) is 109 Å². The summed E-state index contributed by atoms with van der Waals surface area (Å²) in [6, 6.07) is 30.2. The minimum absolute atomic E-state index is 0.0123. The Morgan fingerprint density at radius 3 is 1.41 bits per heavy atom. The van der Waals surface area contributed by atoms with Crippen LogP contribution >= 0.6 is 0 Å². The zero-order chi connectivity index (χ0) is 21.6. The largest absolute Gasteiger partial charge is 0.185 e. The van der Waals surface area contributed by atoms with Crippen molar-refractivity contribution in [2.75, 3.05) is 0 Å². The normalized spacial score (nSPS) is 20.6. The van der Waals surface area contributed by atoms with Gasteiger partial charge in [0.25, 0.3) is 0 Å². The lowest BCUT2D eigenvalue weighted by molar-refractivity contribution is 0.610. The molecule has 2 nitrogen and oxygen atoms in total. The topological polar surface area (TPSA) is 24.7 Å². The lowest BCUT2D eigenvalue weighted by Gasteiger charge is -2.17. The molecule has 1 aliphatic heterocycles. The molecule has 1 heterocycles. The third-order valence-corrected chi connectivity index (χ3v) is 6.26. The second-order valence-electron chi connectivity index (χ2n) is 8.39. The maximum absolute atomic E-state index is 4.98. The molecule has 158 valence electrons. The highest BCUT2D eigenvalue weighted by Gasteiger charge is 2.16. The second-order valence-corrected chi connectivity index (χ2v) is 8.39. The first-order chi connectivity index (χ1) is 15.9. The predicted octanol–water partition coefficient (Wildman–Crippen LogP) is 8.91. The van der Waals surface area contributed by atoms with Crippen molar-refractivity contribution in [1.29, 1.82) is 0 Å². The SMILES string of the molecule is C1=CCC(c2cccc3ccccc23)N=NC(c2cccc3ccccc23)C/C=C/CC1. The Balaban J connectivity index is 1.58. The average molecular weight is 417 g/mol. The Hall–Kier alpha value is -3.52. The molecule has 0 bridgehead atoms. The molecule has 2 heteroatoms. The summed E-state index contributed by atoms with van der Waals surface area (Å²) in [6.07, 6.45) is 13.0. The van der Waals surface area contributed by atoms with Crippen molar-refractivity contribution in [3.63, 3.8) is 0 Å². The number of allylic oxidation sites excluding steroid dienone is 2. The van der Waals surface area contributed by atoms with E-state index in [1.807, 2.05) is 0 Å². The fourth-order valence-electron chi connectivity index (χ4n) is 4.59. The van der Waals surface area contributed by atoms with E-state index in [0.29, 0.717) is 0 Å². The predicted molar refractivity (Wildman–Crippen MR) is 135 cm³/mol. The molecule has 2 atom stereocenters. The zero-order valence-electron chi connectivity index (χ0n) is 18.3. The van der Waals surface area contributed by atoms with Gasteiger partial charge in [-0.3, -0.25) is 0 Å². The van der Waals surface area contributed by atoms with Crippen LogP contribution in [0.4, 0.5) is 0 Å². The minimum Gasteiger partial charge on any atom is -0.185 e. The molecule has 0 saturated carbocycles. The Labute approximate surface area is 190 Å². The molecule has 1 aliphatic rings. The van der Waals surface area contributed by atoms with Crippen LogP contribution in [0.3, 0.4) is 0 Å². The van der Waals surface area contributed by atoms with Crippen LogP contribution in [-0.4, -0.2) is 0 Å². The molecule has 5 rings (SSSR count). The van der Waals surface area contributed by atoms with Gasteiger partial charge >= 0.3 is 0 Å². The number of benzene rings is 4. The number of rotatable bonds is 2. The molecule has 0 spiro atoms. The van der Waals surface area contributed by atoms with E-state index >= 15 is 0 Å². The summed E-state index contributed by atoms with van der Waals surface area (Å²) in [5, 5.41) is 15.0. The van der Waals surface area contributed by atoms with Crippen molar-refractivity contribution in [3.05, 3.63) is 120 Å². The quantitative estimate of drug-likeness (QED) is 0.291. The highest BCUT2D eigenvalue weighted by molar-refractivity contribution is 5.87. The third-order valence-electron chi connectivity index (χ3n) is 6.26. The molecule has 0 amide bonds. The number of azo groups is 1. The molecule has 2 unspecified atom stereocenters. The minimum atomic E-state index is 0.0123. The van der Waals surface area contributed by atoms with Gasteiger partial charge in [-0.1, -0.05) is 109 Å². The van der Waals surface area contributed by atoms with Crippen LogP contribution in [0.2, 0.25) is 0 Å². The standard InChI is InChI=1S/C30H28N2/c1-2-4-6-22-30(28-20-12-16-24-14-8-10-18-26(24)28)32-31-29(21-5-3-1)27-19-11-15-23-13-7-9-17-25(23)27/h3-20,29-30H,1-2,21-22H2/b5-3+,6-4?,32-31?. The van der Waals surface area contributed by atoms with E-state index in [-0.39, 0.29) is 12.1 Å². The van der Waals surface area contributed by atoms with Gasteiger partial charge in [-0.15, -0.1) is 0 Å². The van der Waals surface area contributed by atoms with E-state index in [9.17, 15) is 0 Å². The molecule has 32 heavy (non-hydrogen) atoms. The van der Waals surface area contributed by atoms with Gasteiger partial charge < -0.3 is 0 Å². The molecule has 0 aromatic heterocycles. The van der Waals surface area contributed by atoms with E-state index in [1.54, 1.807) is 0 Å². The van der Waals surface area contributed by atoms with Crippen LogP contribution in [0.15, 0.2) is 119 Å². The van der Waals surface area contributed by atoms with E-state index in [1.165, 1.54) is 32.7 Å². The van der Waals surface area contributed by atoms with Gasteiger partial charge in [0.15, 0.2) is 0 Å². The highest BCUT2D eigenvalue weighted by atomic mass is 15.1. The molecule has 4 aromatic rings. The van der Waals surface area contributed by atoms with Gasteiger partial charge in [0.2, 0.25) is 0 Å². The summed E-state index contributed by atoms with van der Waals surface area (Å²) >= 11 is 0. The van der Waals surface area contributed by atoms with Crippen molar-refractivity contribution in [1.82, 2.24) is 0 Å². The molecule has 4 aromatic carbocycles. The van der Waals surface area contributed by atoms with E-state index < -0.39 is 0 Å². The smallest absolute Gasteiger partial charge is 0.0998 e. The van der Waals surface area contributed by atoms with Crippen LogP contribution in [0, 0.1) is 0 Å². The molecule has 0 fully saturated rings. The van der Waals surface area contributed by atoms with Crippen molar-refractivity contribution >= 4 is 21.5 Å². The van der Waals surface area contributed by atoms with Gasteiger partial charge in [0.05, 0.1) is 12.1 Å². The number of nitrogens with zero attached hydrogens (tertiary/aromatic N) is 2. The monoisotopic (exact) mass is 416 g/mol. The Morgan fingerprint density at radius 1 is 0.469 bits per heavy atom. The first-order valence-electron chi connectivity index (χ1n) is 11.6. The lowest BCUT2D eigenvalue weighted by atomic mass is 9.96. The fourth-order valence-corrected chi connectivity index (χ4v) is 4.59. The Bertz CT molecular complexity index is 1190. The summed E-state index contributed by atoms with van der Waals surface area (Å²) in [5.74, 6) is 0. The van der Waals surface area contributed by atoms with Gasteiger partial charge in [0, 0.05) is 0 Å². The first-order valence-corrected chi connectivity index (χ1v) is 11.6. The maximum atomic E-state index is 4.98. The van der Waals surface area contributed by atoms with Gasteiger partial charge in [0.1, 0.15) is 0 Å². The van der Waals surface area contributed by atoms with Crippen molar-refractivity contribution in [3.8, 4) is 0 Å². The van der Waals surface area contributed by atoms with Gasteiger partial charge in [-0.2, -0.15) is 10.2 Å². The highest BCUT2D eigenvalue weighted by Crippen LogP contribution is 2.34. The third kappa shape index (κ3) is 4.40.